The molecule has 0 aliphatic heterocycles. The van der Waals surface area contributed by atoms with E-state index in [9.17, 15) is 62.3 Å². The highest BCUT2D eigenvalue weighted by molar-refractivity contribution is 6.11. The predicted octanol–water partition coefficient (Wildman–Crippen LogP) is 6.46. The zero-order valence-corrected chi connectivity index (χ0v) is 20.1. The van der Waals surface area contributed by atoms with E-state index >= 15 is 0 Å². The molecule has 0 aliphatic rings. The molecule has 0 fully saturated rings. The zero-order valence-electron chi connectivity index (χ0n) is 20.1. The van der Waals surface area contributed by atoms with E-state index in [-0.39, 0.29) is 24.3 Å². The molecular formula is C24H14F12N4O2. The summed E-state index contributed by atoms with van der Waals surface area (Å²) >= 11 is 0. The molecule has 226 valence electrons. The van der Waals surface area contributed by atoms with Crippen molar-refractivity contribution in [1.82, 2.24) is 0 Å². The van der Waals surface area contributed by atoms with Crippen LogP contribution in [0.5, 0.6) is 0 Å². The molecule has 0 heterocycles. The van der Waals surface area contributed by atoms with Crippen LogP contribution in [0.2, 0.25) is 0 Å². The van der Waals surface area contributed by atoms with Gasteiger partial charge in [-0.3, -0.25) is 9.59 Å². The largest absolute Gasteiger partial charge is 0.418 e. The van der Waals surface area contributed by atoms with Gasteiger partial charge < -0.3 is 22.9 Å². The minimum atomic E-state index is -5.63. The van der Waals surface area contributed by atoms with Crippen LogP contribution in [0.1, 0.15) is 43.0 Å². The van der Waals surface area contributed by atoms with Crippen LogP contribution in [0.4, 0.5) is 64.1 Å². The fourth-order valence-electron chi connectivity index (χ4n) is 4.18. The van der Waals surface area contributed by atoms with E-state index < -0.39 is 104 Å². The highest BCUT2D eigenvalue weighted by Crippen LogP contribution is 2.51. The molecule has 0 saturated carbocycles. The van der Waals surface area contributed by atoms with Crippen LogP contribution in [0.25, 0.3) is 22.3 Å². The SMILES string of the molecule is NC(=O)c1ccc(C(N)=O)c(-c2cc(C(F)(F)F)c(N)cc2C(F)(F)F)c1-c1cc(C(F)(F)F)c(N)cc1C(F)(F)F. The number of nitrogen functional groups attached to an aromatic ring is 2. The summed E-state index contributed by atoms with van der Waals surface area (Å²) in [7, 11) is 0. The summed E-state index contributed by atoms with van der Waals surface area (Å²) in [6.07, 6.45) is -22.2. The second-order valence-electron chi connectivity index (χ2n) is 8.60. The first-order chi connectivity index (χ1) is 18.9. The van der Waals surface area contributed by atoms with E-state index in [1.165, 1.54) is 0 Å². The van der Waals surface area contributed by atoms with E-state index in [4.69, 9.17) is 22.9 Å². The minimum absolute atomic E-state index is 0.252. The lowest BCUT2D eigenvalue weighted by molar-refractivity contribution is -0.140. The molecule has 6 nitrogen and oxygen atoms in total. The van der Waals surface area contributed by atoms with Crippen LogP contribution in [0.15, 0.2) is 36.4 Å². The van der Waals surface area contributed by atoms with Gasteiger partial charge in [-0.2, -0.15) is 52.7 Å². The molecule has 3 aromatic rings. The molecule has 8 N–H and O–H groups in total. The van der Waals surface area contributed by atoms with Gasteiger partial charge in [-0.25, -0.2) is 0 Å². The van der Waals surface area contributed by atoms with Crippen LogP contribution in [0.3, 0.4) is 0 Å². The summed E-state index contributed by atoms with van der Waals surface area (Å²) in [6, 6.07) is -0.162. The number of primary amides is 2. The Kier molecular flexibility index (Phi) is 7.61. The van der Waals surface area contributed by atoms with Gasteiger partial charge in [0.15, 0.2) is 0 Å². The van der Waals surface area contributed by atoms with Gasteiger partial charge in [-0.05, 0) is 47.5 Å². The molecule has 0 aliphatic carbocycles. The van der Waals surface area contributed by atoms with Crippen molar-refractivity contribution in [3.63, 3.8) is 0 Å². The third-order valence-electron chi connectivity index (χ3n) is 5.88. The fraction of sp³-hybridized carbons (Fsp3) is 0.167. The van der Waals surface area contributed by atoms with Crippen molar-refractivity contribution in [2.45, 2.75) is 24.7 Å². The lowest BCUT2D eigenvalue weighted by atomic mass is 9.81. The first kappa shape index (κ1) is 31.9. The van der Waals surface area contributed by atoms with Crippen molar-refractivity contribution in [3.8, 4) is 22.3 Å². The van der Waals surface area contributed by atoms with Crippen LogP contribution in [0, 0.1) is 0 Å². The predicted molar refractivity (Wildman–Crippen MR) is 123 cm³/mol. The second kappa shape index (κ2) is 10.0. The molecule has 3 aromatic carbocycles. The Morgan fingerprint density at radius 3 is 0.952 bits per heavy atom. The molecule has 3 rings (SSSR count). The normalized spacial score (nSPS) is 12.9. The van der Waals surface area contributed by atoms with Gasteiger partial charge in [-0.15, -0.1) is 0 Å². The molecule has 0 atom stereocenters. The number of benzene rings is 3. The zero-order chi connectivity index (χ0) is 32.3. The summed E-state index contributed by atoms with van der Waals surface area (Å²) in [5.74, 6) is -3.50. The Morgan fingerprint density at radius 2 is 0.738 bits per heavy atom. The Labute approximate surface area is 225 Å². The maximum Gasteiger partial charge on any atom is 0.418 e. The van der Waals surface area contributed by atoms with E-state index in [1.54, 1.807) is 0 Å². The summed E-state index contributed by atoms with van der Waals surface area (Å²) in [5.41, 5.74) is 0.752. The monoisotopic (exact) mass is 618 g/mol. The van der Waals surface area contributed by atoms with Gasteiger partial charge in [0.05, 0.1) is 22.3 Å². The molecule has 0 spiro atoms. The lowest BCUT2D eigenvalue weighted by Gasteiger charge is -2.25. The van der Waals surface area contributed by atoms with Crippen LogP contribution < -0.4 is 22.9 Å². The van der Waals surface area contributed by atoms with Crippen molar-refractivity contribution >= 4 is 23.2 Å². The van der Waals surface area contributed by atoms with Gasteiger partial charge in [0.2, 0.25) is 11.8 Å². The summed E-state index contributed by atoms with van der Waals surface area (Å²) in [6.45, 7) is 0. The number of anilines is 2. The Hall–Kier alpha value is -4.64. The van der Waals surface area contributed by atoms with Crippen LogP contribution in [-0.4, -0.2) is 11.8 Å². The molecule has 0 radical (unpaired) electrons. The molecule has 0 unspecified atom stereocenters. The van der Waals surface area contributed by atoms with Crippen LogP contribution in [-0.2, 0) is 24.7 Å². The number of nitrogens with two attached hydrogens (primary N) is 4. The Morgan fingerprint density at radius 1 is 0.476 bits per heavy atom. The van der Waals surface area contributed by atoms with Crippen molar-refractivity contribution in [1.29, 1.82) is 0 Å². The number of hydrogen-bond donors (Lipinski definition) is 4. The number of halogens is 12. The number of carbonyl (C=O) groups is 2. The fourth-order valence-corrected chi connectivity index (χ4v) is 4.18. The summed E-state index contributed by atoms with van der Waals surface area (Å²) < 4.78 is 167. The minimum Gasteiger partial charge on any atom is -0.398 e. The smallest absolute Gasteiger partial charge is 0.398 e. The van der Waals surface area contributed by atoms with Crippen LogP contribution >= 0.6 is 0 Å². The van der Waals surface area contributed by atoms with E-state index in [0.717, 1.165) is 0 Å². The molecule has 0 saturated heterocycles. The Bertz CT molecular complexity index is 1490. The topological polar surface area (TPSA) is 138 Å². The first-order valence-corrected chi connectivity index (χ1v) is 10.8. The standard InChI is InChI=1S/C24H14F12N4O2/c25-21(26,27)11-5-15(37)13(23(31,32)33)3-9(11)17-7(19(39)41)1-2-8(20(40)42)18(17)10-4-14(24(34,35)36)16(38)6-12(10)22(28,29)30/h1-6H,37-38H2,(H2,39,41)(H2,40,42). The van der Waals surface area contributed by atoms with Gasteiger partial charge in [0.1, 0.15) is 0 Å². The molecule has 42 heavy (non-hydrogen) atoms. The lowest BCUT2D eigenvalue weighted by Crippen LogP contribution is -2.21. The average molecular weight is 618 g/mol. The number of carbonyl (C=O) groups excluding carboxylic acids is 2. The van der Waals surface area contributed by atoms with Crippen molar-refractivity contribution in [2.75, 3.05) is 11.5 Å². The molecule has 0 bridgehead atoms. The number of hydrogen-bond acceptors (Lipinski definition) is 4. The number of amides is 2. The maximum absolute atomic E-state index is 14.1. The molecule has 0 aromatic heterocycles. The van der Waals surface area contributed by atoms with Gasteiger partial charge >= 0.3 is 24.7 Å². The van der Waals surface area contributed by atoms with Crippen molar-refractivity contribution < 1.29 is 62.3 Å². The highest BCUT2D eigenvalue weighted by atomic mass is 19.4. The molecule has 2 amide bonds. The summed E-state index contributed by atoms with van der Waals surface area (Å²) in [4.78, 5) is 24.6. The van der Waals surface area contributed by atoms with E-state index in [1.807, 2.05) is 0 Å². The van der Waals surface area contributed by atoms with Crippen molar-refractivity contribution in [2.24, 2.45) is 11.5 Å². The molecule has 18 heteroatoms. The molecular weight excluding hydrogens is 604 g/mol. The van der Waals surface area contributed by atoms with Crippen molar-refractivity contribution in [3.05, 3.63) is 69.8 Å². The quantitative estimate of drug-likeness (QED) is 0.197. The second-order valence-corrected chi connectivity index (χ2v) is 8.60. The van der Waals surface area contributed by atoms with E-state index in [0.29, 0.717) is 12.1 Å². The Balaban J connectivity index is 2.80. The average Bonchev–Trinajstić information content (AvgIpc) is 2.80. The highest BCUT2D eigenvalue weighted by Gasteiger charge is 2.43. The van der Waals surface area contributed by atoms with E-state index in [2.05, 4.69) is 0 Å². The van der Waals surface area contributed by atoms with Gasteiger partial charge in [-0.1, -0.05) is 0 Å². The summed E-state index contributed by atoms with van der Waals surface area (Å²) in [5, 5.41) is 0. The third-order valence-corrected chi connectivity index (χ3v) is 5.88. The number of rotatable bonds is 4. The third kappa shape index (κ3) is 5.87. The first-order valence-electron chi connectivity index (χ1n) is 10.8. The van der Waals surface area contributed by atoms with Gasteiger partial charge in [0.25, 0.3) is 0 Å². The number of alkyl halides is 12. The van der Waals surface area contributed by atoms with Gasteiger partial charge in [0, 0.05) is 33.6 Å². The maximum atomic E-state index is 14.1.